The Balaban J connectivity index is 1.53. The van der Waals surface area contributed by atoms with Crippen LogP contribution in [0.4, 0.5) is 5.13 Å². The Morgan fingerprint density at radius 2 is 2.21 bits per heavy atom. The molecule has 8 heteroatoms. The van der Waals surface area contributed by atoms with Crippen LogP contribution in [0.15, 0.2) is 30.7 Å². The maximum atomic E-state index is 13.3. The summed E-state index contributed by atoms with van der Waals surface area (Å²) in [5.74, 6) is -0.0598. The Bertz CT molecular complexity index is 1010. The molecule has 28 heavy (non-hydrogen) atoms. The Morgan fingerprint density at radius 3 is 3.00 bits per heavy atom. The van der Waals surface area contributed by atoms with E-state index in [0.717, 1.165) is 48.7 Å². The van der Waals surface area contributed by atoms with Gasteiger partial charge in [-0.3, -0.25) is 19.4 Å². The van der Waals surface area contributed by atoms with Gasteiger partial charge in [0, 0.05) is 47.7 Å². The standard InChI is InChI=1S/C20H21N5O2S/c1-24-16-4-5-17-18(15(16)11-22-24)23-20(28-17)25(12-14-3-2-10-27-14)19(26)13-6-8-21-9-7-13/h6-9,11,14H,2-5,10,12H2,1H3. The highest BCUT2D eigenvalue weighted by molar-refractivity contribution is 7.16. The minimum Gasteiger partial charge on any atom is -0.376 e. The first-order valence-electron chi connectivity index (χ1n) is 9.55. The van der Waals surface area contributed by atoms with E-state index >= 15 is 0 Å². The Kier molecular flexibility index (Phi) is 4.44. The molecular weight excluding hydrogens is 374 g/mol. The number of amides is 1. The second kappa shape index (κ2) is 7.10. The number of nitrogens with zero attached hydrogens (tertiary/aromatic N) is 5. The van der Waals surface area contributed by atoms with Gasteiger partial charge in [-0.05, 0) is 37.8 Å². The maximum Gasteiger partial charge on any atom is 0.260 e. The van der Waals surface area contributed by atoms with Crippen LogP contribution >= 0.6 is 11.3 Å². The van der Waals surface area contributed by atoms with Crippen LogP contribution in [0, 0.1) is 0 Å². The molecule has 1 saturated heterocycles. The van der Waals surface area contributed by atoms with Crippen LogP contribution in [0.3, 0.4) is 0 Å². The van der Waals surface area contributed by atoms with Gasteiger partial charge in [0.1, 0.15) is 0 Å². The summed E-state index contributed by atoms with van der Waals surface area (Å²) >= 11 is 1.61. The van der Waals surface area contributed by atoms with Crippen LogP contribution in [-0.4, -0.2) is 44.9 Å². The molecule has 1 atom stereocenters. The minimum absolute atomic E-state index is 0.0562. The van der Waals surface area contributed by atoms with Crippen molar-refractivity contribution in [2.24, 2.45) is 7.05 Å². The maximum absolute atomic E-state index is 13.3. The number of ether oxygens (including phenoxy) is 1. The highest BCUT2D eigenvalue weighted by Gasteiger charge is 2.30. The third-order valence-electron chi connectivity index (χ3n) is 5.41. The zero-order chi connectivity index (χ0) is 19.1. The normalized spacial score (nSPS) is 18.0. The number of anilines is 1. The first-order valence-corrected chi connectivity index (χ1v) is 10.4. The summed E-state index contributed by atoms with van der Waals surface area (Å²) in [4.78, 5) is 25.2. The van der Waals surface area contributed by atoms with Crippen LogP contribution in [0.2, 0.25) is 0 Å². The van der Waals surface area contributed by atoms with Gasteiger partial charge in [-0.15, -0.1) is 11.3 Å². The summed E-state index contributed by atoms with van der Waals surface area (Å²) in [6.45, 7) is 1.28. The van der Waals surface area contributed by atoms with Crippen molar-refractivity contribution in [3.8, 4) is 11.3 Å². The van der Waals surface area contributed by atoms with E-state index in [0.29, 0.717) is 12.1 Å². The topological polar surface area (TPSA) is 73.1 Å². The number of aryl methyl sites for hydroxylation is 2. The third-order valence-corrected chi connectivity index (χ3v) is 6.54. The van der Waals surface area contributed by atoms with Crippen molar-refractivity contribution < 1.29 is 9.53 Å². The van der Waals surface area contributed by atoms with Crippen molar-refractivity contribution in [1.82, 2.24) is 19.7 Å². The lowest BCUT2D eigenvalue weighted by atomic mass is 10.0. The molecule has 1 unspecified atom stereocenters. The molecule has 3 aromatic heterocycles. The van der Waals surface area contributed by atoms with Gasteiger partial charge >= 0.3 is 0 Å². The average molecular weight is 395 g/mol. The number of hydrogen-bond acceptors (Lipinski definition) is 6. The third kappa shape index (κ3) is 3.02. The van der Waals surface area contributed by atoms with Gasteiger partial charge in [0.05, 0.1) is 24.5 Å². The highest BCUT2D eigenvalue weighted by Crippen LogP contribution is 2.39. The van der Waals surface area contributed by atoms with Crippen LogP contribution in [0.25, 0.3) is 11.3 Å². The molecule has 144 valence electrons. The van der Waals surface area contributed by atoms with E-state index in [1.807, 2.05) is 17.9 Å². The van der Waals surface area contributed by atoms with E-state index in [2.05, 4.69) is 10.1 Å². The molecule has 0 N–H and O–H groups in total. The molecule has 7 nitrogen and oxygen atoms in total. The highest BCUT2D eigenvalue weighted by atomic mass is 32.1. The predicted molar refractivity (Wildman–Crippen MR) is 107 cm³/mol. The number of carbonyl (C=O) groups is 1. The summed E-state index contributed by atoms with van der Waals surface area (Å²) in [5, 5.41) is 5.13. The lowest BCUT2D eigenvalue weighted by Crippen LogP contribution is -2.37. The van der Waals surface area contributed by atoms with Crippen LogP contribution in [0.1, 0.15) is 33.8 Å². The molecule has 2 aliphatic rings. The molecule has 0 saturated carbocycles. The molecule has 4 heterocycles. The Hall–Kier alpha value is -2.58. The molecule has 0 radical (unpaired) electrons. The van der Waals surface area contributed by atoms with E-state index in [9.17, 15) is 4.79 Å². The average Bonchev–Trinajstić information content (AvgIpc) is 3.46. The molecule has 1 amide bonds. The van der Waals surface area contributed by atoms with E-state index in [-0.39, 0.29) is 12.0 Å². The lowest BCUT2D eigenvalue weighted by molar-refractivity contribution is 0.0917. The fraction of sp³-hybridized carbons (Fsp3) is 0.400. The number of thiazole rings is 1. The molecule has 0 aromatic carbocycles. The van der Waals surface area contributed by atoms with Crippen molar-refractivity contribution in [2.75, 3.05) is 18.1 Å². The second-order valence-electron chi connectivity index (χ2n) is 7.18. The molecule has 0 bridgehead atoms. The minimum atomic E-state index is -0.0598. The largest absolute Gasteiger partial charge is 0.376 e. The molecular formula is C20H21N5O2S. The fourth-order valence-electron chi connectivity index (χ4n) is 3.91. The van der Waals surface area contributed by atoms with Gasteiger partial charge in [0.25, 0.3) is 5.91 Å². The van der Waals surface area contributed by atoms with Crippen LogP contribution in [0.5, 0.6) is 0 Å². The first kappa shape index (κ1) is 17.5. The van der Waals surface area contributed by atoms with Gasteiger partial charge in [0.15, 0.2) is 5.13 Å². The fourth-order valence-corrected chi connectivity index (χ4v) is 5.00. The Labute approximate surface area is 167 Å². The van der Waals surface area contributed by atoms with Gasteiger partial charge in [-0.1, -0.05) is 0 Å². The van der Waals surface area contributed by atoms with Crippen LogP contribution in [-0.2, 0) is 24.6 Å². The van der Waals surface area contributed by atoms with Crippen molar-refractivity contribution in [2.45, 2.75) is 31.8 Å². The van der Waals surface area contributed by atoms with Gasteiger partial charge in [-0.25, -0.2) is 4.98 Å². The van der Waals surface area contributed by atoms with E-state index in [1.165, 1.54) is 10.6 Å². The first-order chi connectivity index (χ1) is 13.7. The monoisotopic (exact) mass is 395 g/mol. The van der Waals surface area contributed by atoms with Crippen molar-refractivity contribution >= 4 is 22.4 Å². The molecule has 1 fully saturated rings. The molecule has 5 rings (SSSR count). The van der Waals surface area contributed by atoms with E-state index in [4.69, 9.17) is 9.72 Å². The zero-order valence-corrected chi connectivity index (χ0v) is 16.5. The smallest absolute Gasteiger partial charge is 0.260 e. The summed E-state index contributed by atoms with van der Waals surface area (Å²) < 4.78 is 7.73. The molecule has 1 aliphatic carbocycles. The SMILES string of the molecule is Cn1ncc2c1CCc1sc(N(CC3CCCO3)C(=O)c3ccncc3)nc1-2. The number of carbonyl (C=O) groups excluding carboxylic acids is 1. The van der Waals surface area contributed by atoms with Crippen molar-refractivity contribution in [1.29, 1.82) is 0 Å². The van der Waals surface area contributed by atoms with E-state index < -0.39 is 0 Å². The van der Waals surface area contributed by atoms with Crippen molar-refractivity contribution in [3.63, 3.8) is 0 Å². The summed E-state index contributed by atoms with van der Waals surface area (Å²) in [7, 11) is 1.97. The Morgan fingerprint density at radius 1 is 1.36 bits per heavy atom. The quantitative estimate of drug-likeness (QED) is 0.679. The summed E-state index contributed by atoms with van der Waals surface area (Å²) in [5.41, 5.74) is 3.87. The number of hydrogen-bond donors (Lipinski definition) is 0. The second-order valence-corrected chi connectivity index (χ2v) is 8.25. The number of pyridine rings is 1. The summed E-state index contributed by atoms with van der Waals surface area (Å²) in [6, 6.07) is 3.50. The van der Waals surface area contributed by atoms with Gasteiger partial charge in [-0.2, -0.15) is 5.10 Å². The number of fused-ring (bicyclic) bond motifs is 3. The van der Waals surface area contributed by atoms with E-state index in [1.54, 1.807) is 40.8 Å². The zero-order valence-electron chi connectivity index (χ0n) is 15.7. The number of aromatic nitrogens is 4. The predicted octanol–water partition coefficient (Wildman–Crippen LogP) is 2.86. The van der Waals surface area contributed by atoms with Crippen LogP contribution < -0.4 is 4.90 Å². The van der Waals surface area contributed by atoms with Crippen molar-refractivity contribution in [3.05, 3.63) is 46.9 Å². The van der Waals surface area contributed by atoms with Gasteiger partial charge < -0.3 is 4.74 Å². The summed E-state index contributed by atoms with van der Waals surface area (Å²) in [6.07, 6.45) is 9.11. The van der Waals surface area contributed by atoms with Gasteiger partial charge in [0.2, 0.25) is 0 Å². The molecule has 3 aromatic rings. The molecule has 1 aliphatic heterocycles. The number of rotatable bonds is 4. The lowest BCUT2D eigenvalue weighted by Gasteiger charge is -2.23. The molecule has 0 spiro atoms.